The lowest BCUT2D eigenvalue weighted by molar-refractivity contribution is -0.116. The zero-order chi connectivity index (χ0) is 17.3. The monoisotopic (exact) mass is 342 g/mol. The van der Waals surface area contributed by atoms with Gasteiger partial charge in [0.25, 0.3) is 0 Å². The third-order valence-electron chi connectivity index (χ3n) is 3.66. The van der Waals surface area contributed by atoms with Gasteiger partial charge < -0.3 is 5.32 Å². The van der Waals surface area contributed by atoms with Crippen LogP contribution in [0.5, 0.6) is 0 Å². The third-order valence-corrected chi connectivity index (χ3v) is 4.54. The maximum Gasteiger partial charge on any atom is 0.307 e. The molecule has 1 amide bonds. The summed E-state index contributed by atoms with van der Waals surface area (Å²) in [5, 5.41) is 9.02. The van der Waals surface area contributed by atoms with Gasteiger partial charge in [0.1, 0.15) is 12.4 Å². The van der Waals surface area contributed by atoms with E-state index in [0.717, 1.165) is 34.0 Å². The van der Waals surface area contributed by atoms with Gasteiger partial charge in [-0.1, -0.05) is 29.0 Å². The van der Waals surface area contributed by atoms with Crippen molar-refractivity contribution in [1.29, 1.82) is 0 Å². The molecule has 3 aromatic rings. The van der Waals surface area contributed by atoms with Crippen molar-refractivity contribution in [3.8, 4) is 5.69 Å². The van der Waals surface area contributed by atoms with Crippen molar-refractivity contribution in [3.05, 3.63) is 62.3 Å². The van der Waals surface area contributed by atoms with E-state index in [4.69, 9.17) is 0 Å². The van der Waals surface area contributed by atoms with E-state index in [1.807, 2.05) is 45.0 Å². The Balaban J connectivity index is 1.84. The number of benzene rings is 1. The quantitative estimate of drug-likeness (QED) is 0.792. The zero-order valence-corrected chi connectivity index (χ0v) is 14.6. The van der Waals surface area contributed by atoms with Crippen molar-refractivity contribution in [2.24, 2.45) is 0 Å². The smallest absolute Gasteiger partial charge is 0.307 e. The van der Waals surface area contributed by atoms with Crippen LogP contribution in [0.2, 0.25) is 0 Å². The molecule has 2 aromatic heterocycles. The predicted octanol–water partition coefficient (Wildman–Crippen LogP) is 2.66. The van der Waals surface area contributed by atoms with E-state index in [0.29, 0.717) is 5.82 Å². The first-order chi connectivity index (χ1) is 11.4. The summed E-state index contributed by atoms with van der Waals surface area (Å²) in [6.45, 7) is 5.69. The highest BCUT2D eigenvalue weighted by Crippen LogP contribution is 2.17. The van der Waals surface area contributed by atoms with E-state index < -0.39 is 0 Å². The SMILES string of the molecule is Cc1ccc(-n2nc(C)cc2NC(=O)Cn2c(C)csc2=O)cc1. The molecule has 3 rings (SSSR count). The molecule has 0 aliphatic carbocycles. The average molecular weight is 342 g/mol. The maximum absolute atomic E-state index is 12.3. The van der Waals surface area contributed by atoms with Gasteiger partial charge in [0.05, 0.1) is 11.4 Å². The lowest BCUT2D eigenvalue weighted by Crippen LogP contribution is -2.26. The Morgan fingerprint density at radius 1 is 1.21 bits per heavy atom. The molecule has 0 atom stereocenters. The van der Waals surface area contributed by atoms with E-state index in [9.17, 15) is 9.59 Å². The van der Waals surface area contributed by atoms with Gasteiger partial charge >= 0.3 is 4.87 Å². The Morgan fingerprint density at radius 3 is 2.54 bits per heavy atom. The summed E-state index contributed by atoms with van der Waals surface area (Å²) in [7, 11) is 0. The van der Waals surface area contributed by atoms with Gasteiger partial charge in [-0.2, -0.15) is 5.10 Å². The van der Waals surface area contributed by atoms with Crippen molar-refractivity contribution in [1.82, 2.24) is 14.3 Å². The molecule has 7 heteroatoms. The van der Waals surface area contributed by atoms with Gasteiger partial charge in [-0.05, 0) is 32.9 Å². The van der Waals surface area contributed by atoms with Crippen LogP contribution < -0.4 is 10.2 Å². The minimum Gasteiger partial charge on any atom is -0.309 e. The van der Waals surface area contributed by atoms with E-state index in [1.54, 1.807) is 16.1 Å². The van der Waals surface area contributed by atoms with Crippen LogP contribution in [0.15, 0.2) is 40.5 Å². The number of hydrogen-bond acceptors (Lipinski definition) is 4. The fourth-order valence-corrected chi connectivity index (χ4v) is 3.13. The Hall–Kier alpha value is -2.67. The Morgan fingerprint density at radius 2 is 1.92 bits per heavy atom. The summed E-state index contributed by atoms with van der Waals surface area (Å²) in [6, 6.07) is 9.69. The molecule has 0 unspecified atom stereocenters. The van der Waals surface area contributed by atoms with Crippen LogP contribution >= 0.6 is 11.3 Å². The topological polar surface area (TPSA) is 68.9 Å². The molecular formula is C17H18N4O2S. The van der Waals surface area contributed by atoms with Crippen LogP contribution in [0.25, 0.3) is 5.69 Å². The van der Waals surface area contributed by atoms with Crippen molar-refractivity contribution in [2.45, 2.75) is 27.3 Å². The van der Waals surface area contributed by atoms with Gasteiger partial charge in [-0.3, -0.25) is 14.2 Å². The Bertz CT molecular complexity index is 934. The fraction of sp³-hybridized carbons (Fsp3) is 0.235. The molecule has 0 fully saturated rings. The summed E-state index contributed by atoms with van der Waals surface area (Å²) < 4.78 is 3.15. The highest BCUT2D eigenvalue weighted by atomic mass is 32.1. The number of thiazole rings is 1. The van der Waals surface area contributed by atoms with E-state index >= 15 is 0 Å². The molecular weight excluding hydrogens is 324 g/mol. The van der Waals surface area contributed by atoms with Crippen molar-refractivity contribution >= 4 is 23.1 Å². The molecule has 6 nitrogen and oxygen atoms in total. The van der Waals surface area contributed by atoms with Crippen LogP contribution in [0.1, 0.15) is 17.0 Å². The van der Waals surface area contributed by atoms with E-state index in [1.165, 1.54) is 4.57 Å². The zero-order valence-electron chi connectivity index (χ0n) is 13.7. The molecule has 0 aliphatic rings. The second kappa shape index (κ2) is 6.45. The molecule has 0 aliphatic heterocycles. The number of anilines is 1. The van der Waals surface area contributed by atoms with Gasteiger partial charge in [0.15, 0.2) is 0 Å². The number of carbonyl (C=O) groups is 1. The van der Waals surface area contributed by atoms with Gasteiger partial charge in [0, 0.05) is 17.1 Å². The Kier molecular flexibility index (Phi) is 4.35. The Labute approximate surface area is 143 Å². The molecule has 24 heavy (non-hydrogen) atoms. The number of amides is 1. The van der Waals surface area contributed by atoms with E-state index in [-0.39, 0.29) is 17.3 Å². The summed E-state index contributed by atoms with van der Waals surface area (Å²) in [6.07, 6.45) is 0. The van der Waals surface area contributed by atoms with Crippen LogP contribution in [0.4, 0.5) is 5.82 Å². The molecule has 124 valence electrons. The average Bonchev–Trinajstić information content (AvgIpc) is 3.05. The van der Waals surface area contributed by atoms with E-state index in [2.05, 4.69) is 10.4 Å². The number of aryl methyl sites for hydroxylation is 3. The fourth-order valence-electron chi connectivity index (χ4n) is 2.39. The first-order valence-corrected chi connectivity index (χ1v) is 8.40. The number of rotatable bonds is 4. The van der Waals surface area contributed by atoms with Crippen molar-refractivity contribution in [2.75, 3.05) is 5.32 Å². The molecule has 0 spiro atoms. The van der Waals surface area contributed by atoms with Gasteiger partial charge in [-0.15, -0.1) is 0 Å². The largest absolute Gasteiger partial charge is 0.309 e. The number of aromatic nitrogens is 3. The van der Waals surface area contributed by atoms with Crippen molar-refractivity contribution < 1.29 is 4.79 Å². The number of nitrogens with one attached hydrogen (secondary N) is 1. The van der Waals surface area contributed by atoms with Crippen LogP contribution in [-0.2, 0) is 11.3 Å². The number of nitrogens with zero attached hydrogens (tertiary/aromatic N) is 3. The summed E-state index contributed by atoms with van der Waals surface area (Å²) >= 11 is 1.09. The molecule has 1 aromatic carbocycles. The third kappa shape index (κ3) is 3.30. The molecule has 0 bridgehead atoms. The number of hydrogen-bond donors (Lipinski definition) is 1. The highest BCUT2D eigenvalue weighted by Gasteiger charge is 2.13. The highest BCUT2D eigenvalue weighted by molar-refractivity contribution is 7.07. The van der Waals surface area contributed by atoms with Crippen LogP contribution in [-0.4, -0.2) is 20.3 Å². The predicted molar refractivity (Wildman–Crippen MR) is 95.0 cm³/mol. The maximum atomic E-state index is 12.3. The first kappa shape index (κ1) is 16.2. The molecule has 0 radical (unpaired) electrons. The lowest BCUT2D eigenvalue weighted by Gasteiger charge is -2.10. The molecule has 1 N–H and O–H groups in total. The first-order valence-electron chi connectivity index (χ1n) is 7.52. The summed E-state index contributed by atoms with van der Waals surface area (Å²) in [5.74, 6) is 0.328. The lowest BCUT2D eigenvalue weighted by atomic mass is 10.2. The number of carbonyl (C=O) groups excluding carboxylic acids is 1. The molecule has 0 saturated carbocycles. The summed E-state index contributed by atoms with van der Waals surface area (Å²) in [4.78, 5) is 23.9. The van der Waals surface area contributed by atoms with Gasteiger partial charge in [0.2, 0.25) is 5.91 Å². The molecule has 2 heterocycles. The van der Waals surface area contributed by atoms with Crippen LogP contribution in [0.3, 0.4) is 0 Å². The van der Waals surface area contributed by atoms with Crippen LogP contribution in [0, 0.1) is 20.8 Å². The molecule has 0 saturated heterocycles. The minimum atomic E-state index is -0.258. The van der Waals surface area contributed by atoms with Gasteiger partial charge in [-0.25, -0.2) is 4.68 Å². The standard InChI is InChI=1S/C17H18N4O2S/c1-11-4-6-14(7-5-11)21-15(8-12(2)19-21)18-16(22)9-20-13(3)10-24-17(20)23/h4-8,10H,9H2,1-3H3,(H,18,22). The normalized spacial score (nSPS) is 10.8. The second-order valence-corrected chi connectivity index (χ2v) is 6.52. The second-order valence-electron chi connectivity index (χ2n) is 5.70. The summed E-state index contributed by atoms with van der Waals surface area (Å²) in [5.41, 5.74) is 3.60. The minimum absolute atomic E-state index is 0.00765. The van der Waals surface area contributed by atoms with Crippen molar-refractivity contribution in [3.63, 3.8) is 0 Å².